The van der Waals surface area contributed by atoms with Crippen LogP contribution >= 0.6 is 0 Å². The number of imidazole rings is 1. The van der Waals surface area contributed by atoms with Crippen molar-refractivity contribution in [2.75, 3.05) is 6.61 Å². The van der Waals surface area contributed by atoms with Crippen LogP contribution in [0.3, 0.4) is 0 Å². The highest BCUT2D eigenvalue weighted by Crippen LogP contribution is 2.44. The lowest BCUT2D eigenvalue weighted by molar-refractivity contribution is -0.123. The minimum absolute atomic E-state index is 0.0770. The molecule has 1 unspecified atom stereocenters. The molecule has 8 heteroatoms. The van der Waals surface area contributed by atoms with Gasteiger partial charge in [0.15, 0.2) is 0 Å². The number of fused-ring (bicyclic) bond motifs is 4. The van der Waals surface area contributed by atoms with Crippen LogP contribution in [0.4, 0.5) is 4.79 Å². The maximum atomic E-state index is 13.5. The molecular formula is C36H31N5O3. The minimum atomic E-state index is -0.867. The van der Waals surface area contributed by atoms with Crippen molar-refractivity contribution < 1.29 is 14.3 Å². The summed E-state index contributed by atoms with van der Waals surface area (Å²) < 4.78 is 5.79. The van der Waals surface area contributed by atoms with Crippen molar-refractivity contribution in [2.45, 2.75) is 24.9 Å². The average Bonchev–Trinajstić information content (AvgIpc) is 3.79. The maximum absolute atomic E-state index is 13.5. The van der Waals surface area contributed by atoms with Crippen LogP contribution < -0.4 is 10.6 Å². The van der Waals surface area contributed by atoms with E-state index in [4.69, 9.17) is 4.74 Å². The van der Waals surface area contributed by atoms with E-state index in [0.717, 1.165) is 50.0 Å². The topological polar surface area (TPSA) is 112 Å². The number of rotatable bonds is 9. The second-order valence-electron chi connectivity index (χ2n) is 10.9. The summed E-state index contributed by atoms with van der Waals surface area (Å²) in [4.78, 5) is 37.7. The summed E-state index contributed by atoms with van der Waals surface area (Å²) in [6.45, 7) is 0.346. The van der Waals surface area contributed by atoms with E-state index in [0.29, 0.717) is 5.82 Å². The number of amides is 2. The van der Waals surface area contributed by atoms with Gasteiger partial charge < -0.3 is 25.3 Å². The first kappa shape index (κ1) is 27.2. The number of alkyl carbamates (subject to hydrolysis) is 1. The van der Waals surface area contributed by atoms with Crippen molar-refractivity contribution in [3.8, 4) is 22.4 Å². The predicted molar refractivity (Wildman–Crippen MR) is 170 cm³/mol. The first-order valence-electron chi connectivity index (χ1n) is 14.7. The molecule has 6 aromatic rings. The lowest BCUT2D eigenvalue weighted by Crippen LogP contribution is -2.48. The Morgan fingerprint density at radius 2 is 1.52 bits per heavy atom. The summed E-state index contributed by atoms with van der Waals surface area (Å²) in [5.74, 6) is 0.206. The predicted octanol–water partition coefficient (Wildman–Crippen LogP) is 6.32. The molecule has 4 N–H and O–H groups in total. The van der Waals surface area contributed by atoms with Gasteiger partial charge in [-0.3, -0.25) is 4.79 Å². The Hall–Kier alpha value is -5.63. The fourth-order valence-electron chi connectivity index (χ4n) is 6.02. The van der Waals surface area contributed by atoms with Gasteiger partial charge in [0.2, 0.25) is 5.91 Å². The second kappa shape index (κ2) is 11.9. The van der Waals surface area contributed by atoms with E-state index in [1.54, 1.807) is 6.20 Å². The number of benzene rings is 4. The zero-order valence-electron chi connectivity index (χ0n) is 23.9. The Labute approximate surface area is 254 Å². The zero-order valence-corrected chi connectivity index (χ0v) is 23.9. The van der Waals surface area contributed by atoms with E-state index in [1.165, 1.54) is 0 Å². The Balaban J connectivity index is 1.06. The van der Waals surface area contributed by atoms with Crippen molar-refractivity contribution in [3.63, 3.8) is 0 Å². The number of carbonyl (C=O) groups excluding carboxylic acids is 2. The van der Waals surface area contributed by atoms with Gasteiger partial charge in [-0.2, -0.15) is 0 Å². The lowest BCUT2D eigenvalue weighted by atomic mass is 9.98. The van der Waals surface area contributed by atoms with Crippen LogP contribution in [0.2, 0.25) is 0 Å². The first-order valence-corrected chi connectivity index (χ1v) is 14.7. The van der Waals surface area contributed by atoms with Gasteiger partial charge in [-0.15, -0.1) is 0 Å². The Bertz CT molecular complexity index is 1900. The molecule has 44 heavy (non-hydrogen) atoms. The molecule has 0 saturated heterocycles. The molecule has 8 nitrogen and oxygen atoms in total. The molecule has 2 amide bonds. The number of H-pyrrole nitrogens is 2. The van der Waals surface area contributed by atoms with Crippen molar-refractivity contribution in [1.82, 2.24) is 25.6 Å². The molecule has 4 aromatic carbocycles. The molecule has 0 spiro atoms. The molecule has 0 fully saturated rings. The summed E-state index contributed by atoms with van der Waals surface area (Å²) in [6, 6.07) is 33.3. The van der Waals surface area contributed by atoms with Gasteiger partial charge in [0.25, 0.3) is 0 Å². The van der Waals surface area contributed by atoms with Crippen LogP contribution in [0.25, 0.3) is 33.3 Å². The summed E-state index contributed by atoms with van der Waals surface area (Å²) in [5, 5.41) is 6.78. The Morgan fingerprint density at radius 1 is 0.841 bits per heavy atom. The number of nitrogens with one attached hydrogen (secondary N) is 4. The van der Waals surface area contributed by atoms with E-state index in [1.807, 2.05) is 85.1 Å². The highest BCUT2D eigenvalue weighted by atomic mass is 16.5. The van der Waals surface area contributed by atoms with Crippen LogP contribution in [0.5, 0.6) is 0 Å². The maximum Gasteiger partial charge on any atom is 0.407 e. The van der Waals surface area contributed by atoms with Crippen molar-refractivity contribution in [2.24, 2.45) is 0 Å². The number of aromatic amines is 2. The van der Waals surface area contributed by atoms with Gasteiger partial charge in [0, 0.05) is 29.4 Å². The summed E-state index contributed by atoms with van der Waals surface area (Å²) in [5.41, 5.74) is 8.32. The number of carbonyl (C=O) groups is 2. The third kappa shape index (κ3) is 5.45. The molecule has 0 aliphatic heterocycles. The molecular weight excluding hydrogens is 550 g/mol. The van der Waals surface area contributed by atoms with Gasteiger partial charge in [-0.05, 0) is 39.4 Å². The largest absolute Gasteiger partial charge is 0.449 e. The number of nitrogens with zero attached hydrogens (tertiary/aromatic N) is 1. The highest BCUT2D eigenvalue weighted by Gasteiger charge is 2.30. The fourth-order valence-corrected chi connectivity index (χ4v) is 6.02. The Morgan fingerprint density at radius 3 is 2.30 bits per heavy atom. The van der Waals surface area contributed by atoms with E-state index < -0.39 is 12.1 Å². The molecule has 1 aliphatic rings. The Kier molecular flexibility index (Phi) is 7.38. The van der Waals surface area contributed by atoms with Crippen LogP contribution in [0, 0.1) is 0 Å². The molecule has 0 saturated carbocycles. The van der Waals surface area contributed by atoms with Crippen molar-refractivity contribution in [3.05, 3.63) is 138 Å². The van der Waals surface area contributed by atoms with Crippen LogP contribution in [0.15, 0.2) is 116 Å². The van der Waals surface area contributed by atoms with Crippen molar-refractivity contribution >= 4 is 22.9 Å². The average molecular weight is 582 g/mol. The monoisotopic (exact) mass is 581 g/mol. The van der Waals surface area contributed by atoms with Gasteiger partial charge in [-0.25, -0.2) is 9.78 Å². The van der Waals surface area contributed by atoms with Crippen LogP contribution in [0.1, 0.15) is 28.4 Å². The van der Waals surface area contributed by atoms with E-state index >= 15 is 0 Å². The molecule has 7 rings (SSSR count). The van der Waals surface area contributed by atoms with Crippen LogP contribution in [-0.4, -0.2) is 39.6 Å². The quantitative estimate of drug-likeness (QED) is 0.160. The number of para-hydroxylation sites is 1. The van der Waals surface area contributed by atoms with Gasteiger partial charge >= 0.3 is 6.09 Å². The van der Waals surface area contributed by atoms with Crippen molar-refractivity contribution in [1.29, 1.82) is 0 Å². The molecule has 2 aromatic heterocycles. The summed E-state index contributed by atoms with van der Waals surface area (Å²) in [6.07, 6.45) is 3.27. The molecule has 2 heterocycles. The van der Waals surface area contributed by atoms with E-state index in [9.17, 15) is 9.59 Å². The van der Waals surface area contributed by atoms with Gasteiger partial charge in [-0.1, -0.05) is 97.1 Å². The zero-order chi connectivity index (χ0) is 29.9. The van der Waals surface area contributed by atoms with Gasteiger partial charge in [0.05, 0.1) is 18.4 Å². The molecule has 0 radical (unpaired) electrons. The fraction of sp³-hybridized carbons (Fsp3) is 0.139. The first-order chi connectivity index (χ1) is 21.6. The lowest BCUT2D eigenvalue weighted by Gasteiger charge is -2.19. The smallest absolute Gasteiger partial charge is 0.407 e. The standard InChI is InChI=1S/C36H31N5O3/c42-35(39-21-34-38-20-33(40-34)23-10-2-1-3-11-23)32(18-24-19-37-31-17-9-8-12-25(24)31)41-36(43)44-22-30-28-15-6-4-13-26(28)27-14-5-7-16-29(27)30/h1-17,19-20,30,32,37H,18,21-22H2,(H,38,40)(H,39,42)(H,41,43). The molecule has 218 valence electrons. The number of hydrogen-bond acceptors (Lipinski definition) is 4. The summed E-state index contributed by atoms with van der Waals surface area (Å²) in [7, 11) is 0. The minimum Gasteiger partial charge on any atom is -0.449 e. The van der Waals surface area contributed by atoms with Gasteiger partial charge in [0.1, 0.15) is 18.5 Å². The summed E-state index contributed by atoms with van der Waals surface area (Å²) >= 11 is 0. The second-order valence-corrected chi connectivity index (χ2v) is 10.9. The third-order valence-corrected chi connectivity index (χ3v) is 8.19. The number of aromatic nitrogens is 3. The van der Waals surface area contributed by atoms with Crippen LogP contribution in [-0.2, 0) is 22.5 Å². The normalized spacial score (nSPS) is 12.8. The third-order valence-electron chi connectivity index (χ3n) is 8.19. The number of ether oxygens (including phenoxy) is 1. The van der Waals surface area contributed by atoms with E-state index in [2.05, 4.69) is 49.9 Å². The highest BCUT2D eigenvalue weighted by molar-refractivity contribution is 5.88. The molecule has 1 atom stereocenters. The number of hydrogen-bond donors (Lipinski definition) is 4. The van der Waals surface area contributed by atoms with E-state index in [-0.39, 0.29) is 31.4 Å². The molecule has 1 aliphatic carbocycles. The molecule has 0 bridgehead atoms. The SMILES string of the molecule is O=C(NC(Cc1c[nH]c2ccccc12)C(=O)NCc1ncc(-c2ccccc2)[nH]1)OCC1c2ccccc2-c2ccccc21.